The van der Waals surface area contributed by atoms with Gasteiger partial charge in [0.15, 0.2) is 0 Å². The first-order valence-electron chi connectivity index (χ1n) is 8.33. The molecule has 0 spiro atoms. The van der Waals surface area contributed by atoms with Crippen LogP contribution >= 0.6 is 0 Å². The minimum absolute atomic E-state index is 0.0168. The van der Waals surface area contributed by atoms with Crippen LogP contribution in [-0.2, 0) is 4.79 Å². The van der Waals surface area contributed by atoms with Crippen molar-refractivity contribution in [3.8, 4) is 0 Å². The molecule has 5 heteroatoms. The van der Waals surface area contributed by atoms with Crippen molar-refractivity contribution < 1.29 is 14.0 Å². The summed E-state index contributed by atoms with van der Waals surface area (Å²) in [4.78, 5) is 26.8. The number of hydrogen-bond acceptors (Lipinski definition) is 3. The second kappa shape index (κ2) is 7.34. The Kier molecular flexibility index (Phi) is 4.99. The third-order valence-corrected chi connectivity index (χ3v) is 4.50. The summed E-state index contributed by atoms with van der Waals surface area (Å²) >= 11 is 0. The van der Waals surface area contributed by atoms with Crippen molar-refractivity contribution >= 4 is 11.8 Å². The van der Waals surface area contributed by atoms with Crippen LogP contribution in [0.25, 0.3) is 0 Å². The van der Waals surface area contributed by atoms with E-state index in [0.29, 0.717) is 25.2 Å². The second-order valence-corrected chi connectivity index (χ2v) is 6.16. The van der Waals surface area contributed by atoms with E-state index in [-0.39, 0.29) is 23.7 Å². The van der Waals surface area contributed by atoms with Crippen molar-refractivity contribution in [1.29, 1.82) is 0 Å². The first-order chi connectivity index (χ1) is 11.7. The first-order valence-corrected chi connectivity index (χ1v) is 8.33. The zero-order valence-corrected chi connectivity index (χ0v) is 13.8. The number of nitrogens with zero attached hydrogens (tertiary/aromatic N) is 1. The summed E-state index contributed by atoms with van der Waals surface area (Å²) in [5, 5.41) is 2.89. The quantitative estimate of drug-likeness (QED) is 0.939. The van der Waals surface area contributed by atoms with Gasteiger partial charge in [-0.3, -0.25) is 9.59 Å². The van der Waals surface area contributed by atoms with Crippen LogP contribution in [-0.4, -0.2) is 36.3 Å². The second-order valence-electron chi connectivity index (χ2n) is 6.16. The Morgan fingerprint density at radius 1 is 1.21 bits per heavy atom. The maximum atomic E-state index is 12.7. The topological polar surface area (TPSA) is 62.6 Å². The molecule has 0 unspecified atom stereocenters. The van der Waals surface area contributed by atoms with Crippen molar-refractivity contribution in [3.05, 3.63) is 60.1 Å². The Morgan fingerprint density at radius 3 is 2.67 bits per heavy atom. The van der Waals surface area contributed by atoms with E-state index in [1.165, 1.54) is 12.5 Å². The van der Waals surface area contributed by atoms with Crippen molar-refractivity contribution in [2.75, 3.05) is 19.6 Å². The zero-order chi connectivity index (χ0) is 16.9. The van der Waals surface area contributed by atoms with Crippen LogP contribution in [0.2, 0.25) is 0 Å². The van der Waals surface area contributed by atoms with Crippen molar-refractivity contribution in [2.45, 2.75) is 19.3 Å². The highest BCUT2D eigenvalue weighted by Crippen LogP contribution is 2.31. The molecule has 2 aromatic rings. The summed E-state index contributed by atoms with van der Waals surface area (Å²) in [6.07, 6.45) is 3.70. The minimum atomic E-state index is -0.195. The smallest absolute Gasteiger partial charge is 0.257 e. The number of furan rings is 1. The third kappa shape index (κ3) is 3.50. The van der Waals surface area contributed by atoms with Gasteiger partial charge in [-0.2, -0.15) is 0 Å². The molecule has 1 aliphatic rings. The number of carbonyl (C=O) groups is 2. The van der Waals surface area contributed by atoms with Gasteiger partial charge in [0.2, 0.25) is 5.91 Å². The molecule has 1 saturated heterocycles. The number of benzene rings is 1. The molecule has 1 aromatic carbocycles. The van der Waals surface area contributed by atoms with E-state index in [9.17, 15) is 9.59 Å². The van der Waals surface area contributed by atoms with Crippen LogP contribution in [0.5, 0.6) is 0 Å². The summed E-state index contributed by atoms with van der Waals surface area (Å²) < 4.78 is 5.02. The molecule has 1 N–H and O–H groups in total. The molecule has 1 fully saturated rings. The monoisotopic (exact) mass is 326 g/mol. The number of carbonyl (C=O) groups excluding carboxylic acids is 2. The van der Waals surface area contributed by atoms with Crippen LogP contribution in [0.4, 0.5) is 0 Å². The fourth-order valence-corrected chi connectivity index (χ4v) is 3.31. The van der Waals surface area contributed by atoms with Gasteiger partial charge in [0.1, 0.15) is 6.26 Å². The Balaban J connectivity index is 1.83. The number of nitrogens with one attached hydrogen (secondary N) is 1. The highest BCUT2D eigenvalue weighted by Gasteiger charge is 2.34. The molecule has 2 heterocycles. The van der Waals surface area contributed by atoms with Gasteiger partial charge in [-0.15, -0.1) is 0 Å². The summed E-state index contributed by atoms with van der Waals surface area (Å²) in [5.41, 5.74) is 1.69. The molecular formula is C19H22N2O3. The highest BCUT2D eigenvalue weighted by atomic mass is 16.3. The molecule has 0 saturated carbocycles. The van der Waals surface area contributed by atoms with Gasteiger partial charge in [0, 0.05) is 25.6 Å². The molecule has 2 atom stereocenters. The molecule has 5 nitrogen and oxygen atoms in total. The van der Waals surface area contributed by atoms with E-state index in [4.69, 9.17) is 4.42 Å². The highest BCUT2D eigenvalue weighted by molar-refractivity contribution is 5.94. The normalized spacial score (nSPS) is 20.6. The van der Waals surface area contributed by atoms with Gasteiger partial charge in [-0.05, 0) is 25.0 Å². The average molecular weight is 326 g/mol. The van der Waals surface area contributed by atoms with Gasteiger partial charge in [0.25, 0.3) is 5.91 Å². The number of hydrogen-bond donors (Lipinski definition) is 1. The maximum Gasteiger partial charge on any atom is 0.257 e. The van der Waals surface area contributed by atoms with E-state index in [1.807, 2.05) is 25.1 Å². The molecule has 24 heavy (non-hydrogen) atoms. The van der Waals surface area contributed by atoms with Crippen LogP contribution in [0.3, 0.4) is 0 Å². The van der Waals surface area contributed by atoms with Crippen LogP contribution in [0.1, 0.15) is 35.2 Å². The standard InChI is InChI=1S/C19H22N2O3/c1-2-20-18(22)17-10-16(14-6-4-3-5-7-14)11-21(12-17)19(23)15-8-9-24-13-15/h3-9,13,16-17H,2,10-12H2,1H3,(H,20,22)/t16-,17-/m1/s1. The number of likely N-dealkylation sites (tertiary alicyclic amines) is 1. The predicted molar refractivity (Wildman–Crippen MR) is 90.6 cm³/mol. The minimum Gasteiger partial charge on any atom is -0.472 e. The van der Waals surface area contributed by atoms with Crippen LogP contribution in [0.15, 0.2) is 53.3 Å². The van der Waals surface area contributed by atoms with E-state index < -0.39 is 0 Å². The fourth-order valence-electron chi connectivity index (χ4n) is 3.31. The predicted octanol–water partition coefficient (Wildman–Crippen LogP) is 2.66. The maximum absolute atomic E-state index is 12.7. The lowest BCUT2D eigenvalue weighted by Gasteiger charge is -2.37. The number of piperidine rings is 1. The van der Waals surface area contributed by atoms with E-state index in [2.05, 4.69) is 17.4 Å². The molecule has 126 valence electrons. The first kappa shape index (κ1) is 16.3. The van der Waals surface area contributed by atoms with Gasteiger partial charge in [0.05, 0.1) is 17.7 Å². The Bertz CT molecular complexity index is 682. The summed E-state index contributed by atoms with van der Waals surface area (Å²) in [6.45, 7) is 3.56. The van der Waals surface area contributed by atoms with Crippen molar-refractivity contribution in [3.63, 3.8) is 0 Å². The van der Waals surface area contributed by atoms with E-state index >= 15 is 0 Å². The van der Waals surface area contributed by atoms with Gasteiger partial charge < -0.3 is 14.6 Å². The molecule has 1 aliphatic heterocycles. The van der Waals surface area contributed by atoms with Crippen LogP contribution in [0, 0.1) is 5.92 Å². The average Bonchev–Trinajstić information content (AvgIpc) is 3.16. The molecule has 3 rings (SSSR count). The van der Waals surface area contributed by atoms with Crippen LogP contribution < -0.4 is 5.32 Å². The van der Waals surface area contributed by atoms with Crippen molar-refractivity contribution in [2.24, 2.45) is 5.92 Å². The SMILES string of the molecule is CCNC(=O)[C@@H]1C[C@@H](c2ccccc2)CN(C(=O)c2ccoc2)C1. The third-order valence-electron chi connectivity index (χ3n) is 4.50. The summed E-state index contributed by atoms with van der Waals surface area (Å²) in [5.74, 6) is -0.107. The lowest BCUT2D eigenvalue weighted by atomic mass is 9.84. The lowest BCUT2D eigenvalue weighted by molar-refractivity contribution is -0.126. The van der Waals surface area contributed by atoms with Gasteiger partial charge in [-0.25, -0.2) is 0 Å². The van der Waals surface area contributed by atoms with Gasteiger partial charge >= 0.3 is 0 Å². The molecular weight excluding hydrogens is 304 g/mol. The molecule has 1 aromatic heterocycles. The van der Waals surface area contributed by atoms with Crippen molar-refractivity contribution in [1.82, 2.24) is 10.2 Å². The van der Waals surface area contributed by atoms with E-state index in [0.717, 1.165) is 12.0 Å². The summed E-state index contributed by atoms with van der Waals surface area (Å²) in [7, 11) is 0. The Hall–Kier alpha value is -2.56. The fraction of sp³-hybridized carbons (Fsp3) is 0.368. The van der Waals surface area contributed by atoms with E-state index in [1.54, 1.807) is 11.0 Å². The molecule has 0 bridgehead atoms. The molecule has 0 aliphatic carbocycles. The molecule has 0 radical (unpaired) electrons. The Labute approximate surface area is 141 Å². The summed E-state index contributed by atoms with van der Waals surface area (Å²) in [6, 6.07) is 11.7. The van der Waals surface area contributed by atoms with Gasteiger partial charge in [-0.1, -0.05) is 30.3 Å². The largest absolute Gasteiger partial charge is 0.472 e. The molecule has 2 amide bonds. The number of amides is 2. The lowest BCUT2D eigenvalue weighted by Crippen LogP contribution is -2.48. The number of rotatable bonds is 4. The zero-order valence-electron chi connectivity index (χ0n) is 13.8. The Morgan fingerprint density at radius 2 is 2.00 bits per heavy atom.